The summed E-state index contributed by atoms with van der Waals surface area (Å²) >= 11 is 0. The number of carbonyl (C=O) groups excluding carboxylic acids is 1. The van der Waals surface area contributed by atoms with E-state index in [-0.39, 0.29) is 40.0 Å². The zero-order valence-electron chi connectivity index (χ0n) is 23.2. The van der Waals surface area contributed by atoms with Gasteiger partial charge in [-0.15, -0.1) is 0 Å². The average molecular weight is 526 g/mol. The Kier molecular flexibility index (Phi) is 9.23. The third-order valence-corrected chi connectivity index (χ3v) is 18.7. The van der Waals surface area contributed by atoms with Crippen molar-refractivity contribution in [2.24, 2.45) is 11.8 Å². The van der Waals surface area contributed by atoms with Crippen LogP contribution in [0.15, 0.2) is 35.2 Å². The largest absolute Gasteiger partial charge is 0.416 e. The second kappa shape index (κ2) is 10.7. The highest BCUT2D eigenvalue weighted by Gasteiger charge is 2.51. The molecule has 0 saturated carbocycles. The molecular weight excluding hydrogens is 479 g/mol. The standard InChI is InChI=1S/C26H47NO4SSi2/c1-19(31-34(10,11)26(5,6)7)22-23(27-24(22)28)20(17-30-33(8,9)25(2,3)4)18-32(29)21-15-13-12-14-16-21/h12-16,19-20,22-23H,17-18H2,1-11H3,(H,27,28)/t19-,20+,22-,23-,32?/m1/s1. The summed E-state index contributed by atoms with van der Waals surface area (Å²) in [6.45, 7) is 24.7. The number of β-lactam (4-membered cyclic amide) rings is 1. The van der Waals surface area contributed by atoms with Crippen molar-refractivity contribution in [2.45, 2.75) is 102 Å². The number of benzene rings is 1. The van der Waals surface area contributed by atoms with Crippen molar-refractivity contribution >= 4 is 33.3 Å². The minimum Gasteiger partial charge on any atom is -0.416 e. The van der Waals surface area contributed by atoms with Crippen molar-refractivity contribution in [3.05, 3.63) is 30.3 Å². The summed E-state index contributed by atoms with van der Waals surface area (Å²) in [5.74, 6) is 0.171. The van der Waals surface area contributed by atoms with Gasteiger partial charge >= 0.3 is 0 Å². The summed E-state index contributed by atoms with van der Waals surface area (Å²) < 4.78 is 26.5. The zero-order chi connectivity index (χ0) is 26.1. The lowest BCUT2D eigenvalue weighted by Gasteiger charge is -2.48. The molecule has 0 aliphatic carbocycles. The van der Waals surface area contributed by atoms with Crippen LogP contribution >= 0.6 is 0 Å². The van der Waals surface area contributed by atoms with E-state index in [4.69, 9.17) is 8.85 Å². The lowest BCUT2D eigenvalue weighted by Crippen LogP contribution is -2.67. The van der Waals surface area contributed by atoms with Gasteiger partial charge in [0.05, 0.1) is 22.8 Å². The van der Waals surface area contributed by atoms with Gasteiger partial charge in [-0.1, -0.05) is 59.7 Å². The predicted octanol–water partition coefficient (Wildman–Crippen LogP) is 5.96. The molecule has 1 amide bonds. The van der Waals surface area contributed by atoms with Gasteiger partial charge in [0, 0.05) is 29.2 Å². The zero-order valence-corrected chi connectivity index (χ0v) is 26.0. The normalized spacial score (nSPS) is 22.5. The molecule has 5 nitrogen and oxygen atoms in total. The number of nitrogens with one attached hydrogen (secondary N) is 1. The third kappa shape index (κ3) is 6.90. The molecule has 5 atom stereocenters. The Morgan fingerprint density at radius 1 is 0.971 bits per heavy atom. The highest BCUT2D eigenvalue weighted by atomic mass is 32.2. The number of carbonyl (C=O) groups is 1. The van der Waals surface area contributed by atoms with Crippen molar-refractivity contribution in [1.29, 1.82) is 0 Å². The van der Waals surface area contributed by atoms with Gasteiger partial charge in [-0.2, -0.15) is 0 Å². The quantitative estimate of drug-likeness (QED) is 0.302. The summed E-state index contributed by atoms with van der Waals surface area (Å²) in [4.78, 5) is 13.6. The molecule has 1 fully saturated rings. The molecule has 1 N–H and O–H groups in total. The van der Waals surface area contributed by atoms with Crippen LogP contribution in [0.25, 0.3) is 0 Å². The maximum Gasteiger partial charge on any atom is 0.228 e. The fourth-order valence-corrected chi connectivity index (χ4v) is 7.54. The Hall–Kier alpha value is -0.806. The van der Waals surface area contributed by atoms with E-state index in [1.165, 1.54) is 0 Å². The fraction of sp³-hybridized carbons (Fsp3) is 0.731. The van der Waals surface area contributed by atoms with Crippen LogP contribution in [0.3, 0.4) is 0 Å². The van der Waals surface area contributed by atoms with Gasteiger partial charge < -0.3 is 14.2 Å². The molecule has 1 aromatic rings. The minimum atomic E-state index is -2.03. The topological polar surface area (TPSA) is 64.6 Å². The van der Waals surface area contributed by atoms with Crippen LogP contribution < -0.4 is 5.32 Å². The van der Waals surface area contributed by atoms with Crippen LogP contribution in [-0.2, 0) is 24.4 Å². The molecule has 1 unspecified atom stereocenters. The highest BCUT2D eigenvalue weighted by Crippen LogP contribution is 2.41. The molecule has 0 radical (unpaired) electrons. The van der Waals surface area contributed by atoms with Crippen LogP contribution in [0.4, 0.5) is 0 Å². The van der Waals surface area contributed by atoms with E-state index in [9.17, 15) is 9.00 Å². The first-order chi connectivity index (χ1) is 15.4. The molecule has 0 aromatic heterocycles. The van der Waals surface area contributed by atoms with E-state index in [0.717, 1.165) is 4.90 Å². The second-order valence-corrected chi connectivity index (χ2v) is 23.9. The van der Waals surface area contributed by atoms with Crippen LogP contribution in [0.5, 0.6) is 0 Å². The number of hydrogen-bond acceptors (Lipinski definition) is 4. The Morgan fingerprint density at radius 2 is 1.50 bits per heavy atom. The summed E-state index contributed by atoms with van der Waals surface area (Å²) in [5.41, 5.74) is 0. The molecule has 34 heavy (non-hydrogen) atoms. The first-order valence-corrected chi connectivity index (χ1v) is 19.6. The average Bonchev–Trinajstić information content (AvgIpc) is 2.67. The molecule has 2 rings (SSSR count). The Morgan fingerprint density at radius 3 is 1.97 bits per heavy atom. The van der Waals surface area contributed by atoms with Crippen molar-refractivity contribution in [1.82, 2.24) is 5.32 Å². The smallest absolute Gasteiger partial charge is 0.228 e. The van der Waals surface area contributed by atoms with Gasteiger partial charge in [0.25, 0.3) is 0 Å². The van der Waals surface area contributed by atoms with E-state index < -0.39 is 27.4 Å². The Labute approximate surface area is 212 Å². The minimum absolute atomic E-state index is 0.0269. The molecule has 1 saturated heterocycles. The third-order valence-electron chi connectivity index (χ3n) is 8.13. The van der Waals surface area contributed by atoms with Crippen molar-refractivity contribution in [2.75, 3.05) is 12.4 Å². The van der Waals surface area contributed by atoms with Crippen LogP contribution in [0.2, 0.25) is 36.3 Å². The monoisotopic (exact) mass is 525 g/mol. The van der Waals surface area contributed by atoms with Crippen LogP contribution in [-0.4, -0.2) is 51.3 Å². The summed E-state index contributed by atoms with van der Waals surface area (Å²) in [7, 11) is -5.20. The van der Waals surface area contributed by atoms with Gasteiger partial charge in [-0.25, -0.2) is 0 Å². The van der Waals surface area contributed by atoms with Crippen molar-refractivity contribution in [3.8, 4) is 0 Å². The summed E-state index contributed by atoms with van der Waals surface area (Å²) in [5, 5.41) is 3.27. The molecule has 0 spiro atoms. The molecule has 194 valence electrons. The second-order valence-electron chi connectivity index (χ2n) is 12.8. The molecule has 0 bridgehead atoms. The van der Waals surface area contributed by atoms with Gasteiger partial charge in [0.1, 0.15) is 0 Å². The van der Waals surface area contributed by atoms with Gasteiger partial charge in [-0.05, 0) is 55.3 Å². The van der Waals surface area contributed by atoms with Gasteiger partial charge in [-0.3, -0.25) is 9.00 Å². The van der Waals surface area contributed by atoms with E-state index in [0.29, 0.717) is 12.4 Å². The molecular formula is C26H47NO4SSi2. The van der Waals surface area contributed by atoms with E-state index in [2.05, 4.69) is 73.0 Å². The van der Waals surface area contributed by atoms with Crippen LogP contribution in [0.1, 0.15) is 48.5 Å². The summed E-state index contributed by atoms with van der Waals surface area (Å²) in [6.07, 6.45) is -0.194. The van der Waals surface area contributed by atoms with Crippen molar-refractivity contribution < 1.29 is 17.9 Å². The van der Waals surface area contributed by atoms with E-state index in [1.54, 1.807) is 0 Å². The lowest BCUT2D eigenvalue weighted by molar-refractivity contribution is -0.142. The lowest BCUT2D eigenvalue weighted by atomic mass is 9.79. The molecule has 1 aliphatic heterocycles. The maximum atomic E-state index is 13.3. The number of rotatable bonds is 10. The molecule has 1 aliphatic rings. The van der Waals surface area contributed by atoms with Crippen molar-refractivity contribution in [3.63, 3.8) is 0 Å². The molecule has 1 aromatic carbocycles. The SMILES string of the molecule is C[C@@H](O[Si](C)(C)C(C)(C)C)[C@H]1C(=O)N[C@@H]1[C@@H](CO[Si](C)(C)C(C)(C)C)CS(=O)c1ccccc1. The highest BCUT2D eigenvalue weighted by molar-refractivity contribution is 7.85. The maximum absolute atomic E-state index is 13.3. The molecule has 8 heteroatoms. The first-order valence-electron chi connectivity index (χ1n) is 12.4. The van der Waals surface area contributed by atoms with E-state index in [1.807, 2.05) is 37.3 Å². The van der Waals surface area contributed by atoms with E-state index >= 15 is 0 Å². The first kappa shape index (κ1) is 29.4. The summed E-state index contributed by atoms with van der Waals surface area (Å²) in [6, 6.07) is 9.46. The van der Waals surface area contributed by atoms with Gasteiger partial charge in [0.2, 0.25) is 5.91 Å². The number of hydrogen-bond donors (Lipinski definition) is 1. The predicted molar refractivity (Wildman–Crippen MR) is 148 cm³/mol. The molecule has 1 heterocycles. The van der Waals surface area contributed by atoms with Crippen LogP contribution in [0, 0.1) is 11.8 Å². The Bertz CT molecular complexity index is 862. The fourth-order valence-electron chi connectivity index (χ4n) is 3.70. The number of amides is 1. The Balaban J connectivity index is 2.26. The van der Waals surface area contributed by atoms with Gasteiger partial charge in [0.15, 0.2) is 16.6 Å².